The lowest BCUT2D eigenvalue weighted by Crippen LogP contribution is -2.32. The first-order valence-corrected chi connectivity index (χ1v) is 6.72. The molecule has 3 N–H and O–H groups in total. The molecule has 0 aliphatic carbocycles. The van der Waals surface area contributed by atoms with Crippen LogP contribution in [0.3, 0.4) is 0 Å². The minimum atomic E-state index is 0.481. The summed E-state index contributed by atoms with van der Waals surface area (Å²) in [7, 11) is 0. The van der Waals surface area contributed by atoms with Crippen molar-refractivity contribution in [2.45, 2.75) is 26.3 Å². The zero-order chi connectivity index (χ0) is 13.5. The topological polar surface area (TPSA) is 68.9 Å². The molecule has 0 bridgehead atoms. The second-order valence-electron chi connectivity index (χ2n) is 4.46. The fraction of sp³-hybridized carbons (Fsp3) is 0.500. The molecule has 104 valence electrons. The fourth-order valence-electron chi connectivity index (χ4n) is 1.79. The van der Waals surface area contributed by atoms with Crippen LogP contribution in [0.5, 0.6) is 11.5 Å². The Labute approximate surface area is 113 Å². The predicted molar refractivity (Wildman–Crippen MR) is 75.7 cm³/mol. The first kappa shape index (κ1) is 13.5. The molecule has 0 atom stereocenters. The lowest BCUT2D eigenvalue weighted by molar-refractivity contribution is 0.297. The van der Waals surface area contributed by atoms with Gasteiger partial charge in [0.1, 0.15) is 0 Å². The molecule has 1 aliphatic rings. The Morgan fingerprint density at radius 2 is 2.11 bits per heavy atom. The number of nitrogens with two attached hydrogens (primary N) is 1. The number of hydrogen-bond acceptors (Lipinski definition) is 3. The molecule has 0 saturated heterocycles. The molecule has 0 saturated carbocycles. The molecule has 0 spiro atoms. The van der Waals surface area contributed by atoms with Gasteiger partial charge in [-0.25, -0.2) is 4.99 Å². The smallest absolute Gasteiger partial charge is 0.188 e. The van der Waals surface area contributed by atoms with Crippen LogP contribution in [0.4, 0.5) is 0 Å². The van der Waals surface area contributed by atoms with Crippen LogP contribution >= 0.6 is 0 Å². The first-order chi connectivity index (χ1) is 9.29. The molecule has 1 aromatic carbocycles. The molecule has 2 rings (SSSR count). The van der Waals surface area contributed by atoms with Crippen molar-refractivity contribution in [2.24, 2.45) is 10.7 Å². The third-order valence-electron chi connectivity index (χ3n) is 2.80. The van der Waals surface area contributed by atoms with Gasteiger partial charge in [0.25, 0.3) is 0 Å². The molecule has 0 amide bonds. The largest absolute Gasteiger partial charge is 0.490 e. The summed E-state index contributed by atoms with van der Waals surface area (Å²) in [6.45, 7) is 4.87. The molecular weight excluding hydrogens is 242 g/mol. The van der Waals surface area contributed by atoms with Crippen LogP contribution < -0.4 is 20.5 Å². The average molecular weight is 263 g/mol. The summed E-state index contributed by atoms with van der Waals surface area (Å²) in [6.07, 6.45) is 1.94. The Hall–Kier alpha value is -1.91. The van der Waals surface area contributed by atoms with Crippen molar-refractivity contribution < 1.29 is 9.47 Å². The number of aliphatic imine (C=N–C) groups is 1. The van der Waals surface area contributed by atoms with Gasteiger partial charge in [-0.1, -0.05) is 13.0 Å². The van der Waals surface area contributed by atoms with E-state index >= 15 is 0 Å². The van der Waals surface area contributed by atoms with Crippen molar-refractivity contribution in [3.63, 3.8) is 0 Å². The van der Waals surface area contributed by atoms with Crippen molar-refractivity contribution in [3.05, 3.63) is 23.8 Å². The third kappa shape index (κ3) is 4.05. The number of ether oxygens (including phenoxy) is 2. The van der Waals surface area contributed by atoms with Crippen LogP contribution in [-0.2, 0) is 6.54 Å². The summed E-state index contributed by atoms with van der Waals surface area (Å²) in [4.78, 5) is 4.29. The molecule has 5 heteroatoms. The Morgan fingerprint density at radius 3 is 2.89 bits per heavy atom. The highest BCUT2D eigenvalue weighted by Gasteiger charge is 2.10. The van der Waals surface area contributed by atoms with Gasteiger partial charge in [-0.3, -0.25) is 0 Å². The second-order valence-corrected chi connectivity index (χ2v) is 4.46. The summed E-state index contributed by atoms with van der Waals surface area (Å²) in [5.74, 6) is 2.08. The van der Waals surface area contributed by atoms with Gasteiger partial charge in [-0.15, -0.1) is 0 Å². The van der Waals surface area contributed by atoms with Crippen molar-refractivity contribution >= 4 is 5.96 Å². The summed E-state index contributed by atoms with van der Waals surface area (Å²) >= 11 is 0. The van der Waals surface area contributed by atoms with E-state index in [0.717, 1.165) is 36.4 Å². The van der Waals surface area contributed by atoms with E-state index in [1.165, 1.54) is 0 Å². The van der Waals surface area contributed by atoms with Crippen LogP contribution in [0.25, 0.3) is 0 Å². The van der Waals surface area contributed by atoms with Crippen LogP contribution in [0, 0.1) is 0 Å². The van der Waals surface area contributed by atoms with Gasteiger partial charge in [-0.05, 0) is 24.1 Å². The van der Waals surface area contributed by atoms with E-state index < -0.39 is 0 Å². The molecule has 0 unspecified atom stereocenters. The number of benzene rings is 1. The normalized spacial score (nSPS) is 14.9. The lowest BCUT2D eigenvalue weighted by Gasteiger charge is -2.08. The molecule has 0 aromatic heterocycles. The summed E-state index contributed by atoms with van der Waals surface area (Å²) in [5, 5.41) is 3.05. The van der Waals surface area contributed by atoms with Crippen molar-refractivity contribution in [1.29, 1.82) is 0 Å². The van der Waals surface area contributed by atoms with E-state index in [9.17, 15) is 0 Å². The van der Waals surface area contributed by atoms with E-state index in [1.54, 1.807) is 0 Å². The van der Waals surface area contributed by atoms with E-state index in [0.29, 0.717) is 25.7 Å². The van der Waals surface area contributed by atoms with Gasteiger partial charge >= 0.3 is 0 Å². The molecule has 0 fully saturated rings. The van der Waals surface area contributed by atoms with E-state index in [2.05, 4.69) is 17.2 Å². The maximum Gasteiger partial charge on any atom is 0.188 e. The summed E-state index contributed by atoms with van der Waals surface area (Å²) in [5.41, 5.74) is 6.81. The van der Waals surface area contributed by atoms with Gasteiger partial charge in [0, 0.05) is 13.0 Å². The van der Waals surface area contributed by atoms with Crippen LogP contribution in [0.15, 0.2) is 23.2 Å². The highest BCUT2D eigenvalue weighted by atomic mass is 16.5. The minimum absolute atomic E-state index is 0.481. The predicted octanol–water partition coefficient (Wildman–Crippen LogP) is 1.66. The third-order valence-corrected chi connectivity index (χ3v) is 2.80. The SMILES string of the molecule is CCCNC(N)=NCc1ccc2c(c1)OCCCO2. The number of hydrogen-bond donors (Lipinski definition) is 2. The first-order valence-electron chi connectivity index (χ1n) is 6.72. The Kier molecular flexibility index (Phi) is 4.89. The summed E-state index contributed by atoms with van der Waals surface area (Å²) in [6, 6.07) is 5.89. The summed E-state index contributed by atoms with van der Waals surface area (Å²) < 4.78 is 11.2. The lowest BCUT2D eigenvalue weighted by atomic mass is 10.2. The highest BCUT2D eigenvalue weighted by Crippen LogP contribution is 2.30. The van der Waals surface area contributed by atoms with Gasteiger partial charge in [0.2, 0.25) is 0 Å². The number of nitrogens with one attached hydrogen (secondary N) is 1. The maximum absolute atomic E-state index is 5.75. The monoisotopic (exact) mass is 263 g/mol. The molecule has 1 aromatic rings. The van der Waals surface area contributed by atoms with Crippen molar-refractivity contribution in [1.82, 2.24) is 5.32 Å². The zero-order valence-corrected chi connectivity index (χ0v) is 11.3. The molecule has 19 heavy (non-hydrogen) atoms. The number of nitrogens with zero attached hydrogens (tertiary/aromatic N) is 1. The number of fused-ring (bicyclic) bond motifs is 1. The average Bonchev–Trinajstić information content (AvgIpc) is 2.67. The fourth-order valence-corrected chi connectivity index (χ4v) is 1.79. The Morgan fingerprint density at radius 1 is 1.32 bits per heavy atom. The van der Waals surface area contributed by atoms with Gasteiger partial charge < -0.3 is 20.5 Å². The van der Waals surface area contributed by atoms with E-state index in [-0.39, 0.29) is 0 Å². The molecule has 5 nitrogen and oxygen atoms in total. The standard InChI is InChI=1S/C14H21N3O2/c1-2-6-16-14(15)17-10-11-4-5-12-13(9-11)19-8-3-7-18-12/h4-5,9H,2-3,6-8,10H2,1H3,(H3,15,16,17). The van der Waals surface area contributed by atoms with Gasteiger partial charge in [-0.2, -0.15) is 0 Å². The van der Waals surface area contributed by atoms with Crippen LogP contribution in [-0.4, -0.2) is 25.7 Å². The Bertz CT molecular complexity index is 446. The zero-order valence-electron chi connectivity index (χ0n) is 11.3. The van der Waals surface area contributed by atoms with E-state index in [1.807, 2.05) is 18.2 Å². The van der Waals surface area contributed by atoms with Crippen molar-refractivity contribution in [2.75, 3.05) is 19.8 Å². The highest BCUT2D eigenvalue weighted by molar-refractivity contribution is 5.77. The van der Waals surface area contributed by atoms with Gasteiger partial charge in [0.05, 0.1) is 19.8 Å². The molecule has 0 radical (unpaired) electrons. The van der Waals surface area contributed by atoms with Crippen LogP contribution in [0.1, 0.15) is 25.3 Å². The molecular formula is C14H21N3O2. The number of guanidine groups is 1. The van der Waals surface area contributed by atoms with Crippen molar-refractivity contribution in [3.8, 4) is 11.5 Å². The maximum atomic E-state index is 5.75. The molecule has 1 aliphatic heterocycles. The Balaban J connectivity index is 1.99. The quantitative estimate of drug-likeness (QED) is 0.640. The minimum Gasteiger partial charge on any atom is -0.490 e. The van der Waals surface area contributed by atoms with E-state index in [4.69, 9.17) is 15.2 Å². The second kappa shape index (κ2) is 6.87. The van der Waals surface area contributed by atoms with Gasteiger partial charge in [0.15, 0.2) is 17.5 Å². The molecule has 1 heterocycles. The number of rotatable bonds is 4. The van der Waals surface area contributed by atoms with Crippen LogP contribution in [0.2, 0.25) is 0 Å².